The van der Waals surface area contributed by atoms with Crippen LogP contribution in [-0.2, 0) is 30.0 Å². The van der Waals surface area contributed by atoms with Gasteiger partial charge in [0, 0.05) is 57.5 Å². The average molecular weight is 554 g/mol. The number of aromatic nitrogens is 1. The summed E-state index contributed by atoms with van der Waals surface area (Å²) in [6.45, 7) is 6.13. The van der Waals surface area contributed by atoms with Crippen LogP contribution in [0, 0.1) is 0 Å². The third-order valence-electron chi connectivity index (χ3n) is 4.61. The molecule has 0 amide bonds. The second kappa shape index (κ2) is 11.9. The van der Waals surface area contributed by atoms with E-state index in [1.165, 1.54) is 21.3 Å². The van der Waals surface area contributed by atoms with E-state index in [9.17, 15) is 8.42 Å². The first kappa shape index (κ1) is 25.9. The van der Waals surface area contributed by atoms with E-state index in [1.54, 1.807) is 13.1 Å². The first-order valence-electron chi connectivity index (χ1n) is 9.44. The molecule has 29 heavy (non-hydrogen) atoms. The molecule has 0 fully saturated rings. The molecule has 0 aliphatic heterocycles. The van der Waals surface area contributed by atoms with Gasteiger partial charge in [-0.1, -0.05) is 13.8 Å². The maximum absolute atomic E-state index is 12.6. The second-order valence-electron chi connectivity index (χ2n) is 6.50. The van der Waals surface area contributed by atoms with Gasteiger partial charge in [0.25, 0.3) is 10.0 Å². The minimum absolute atomic E-state index is 0. The van der Waals surface area contributed by atoms with Crippen molar-refractivity contribution >= 4 is 51.3 Å². The molecule has 2 heterocycles. The van der Waals surface area contributed by atoms with Crippen molar-refractivity contribution in [2.24, 2.45) is 12.0 Å². The summed E-state index contributed by atoms with van der Waals surface area (Å²) in [5, 5.41) is 3.36. The number of hydrogen-bond donors (Lipinski definition) is 1. The largest absolute Gasteiger partial charge is 0.356 e. The monoisotopic (exact) mass is 553 g/mol. The molecule has 0 atom stereocenters. The van der Waals surface area contributed by atoms with E-state index in [-0.39, 0.29) is 24.0 Å². The van der Waals surface area contributed by atoms with Gasteiger partial charge in [-0.15, -0.1) is 35.3 Å². The predicted octanol–water partition coefficient (Wildman–Crippen LogP) is 2.99. The Bertz CT molecular complexity index is 888. The van der Waals surface area contributed by atoms with Crippen LogP contribution in [0.5, 0.6) is 0 Å². The normalized spacial score (nSPS) is 12.1. The summed E-state index contributed by atoms with van der Waals surface area (Å²) < 4.78 is 29.2. The third kappa shape index (κ3) is 6.69. The van der Waals surface area contributed by atoms with Gasteiger partial charge in [0.1, 0.15) is 4.21 Å². The molecule has 2 rings (SSSR count). The number of nitrogens with zero attached hydrogens (tertiary/aromatic N) is 4. The third-order valence-corrected chi connectivity index (χ3v) is 8.28. The van der Waals surface area contributed by atoms with Gasteiger partial charge in [0.2, 0.25) is 0 Å². The highest BCUT2D eigenvalue weighted by atomic mass is 127. The molecule has 10 heteroatoms. The van der Waals surface area contributed by atoms with E-state index in [1.807, 2.05) is 46.3 Å². The number of sulfonamides is 1. The molecular weight excluding hydrogens is 521 g/mol. The highest BCUT2D eigenvalue weighted by molar-refractivity contribution is 14.0. The standard InChI is InChI=1S/C19H31N5O2S2.HI/c1-6-24(7-2)28(25,26)18-11-10-17(27-18)12-13-21-19(20-3)23(5)15-16-9-8-14-22(16)4;/h8-11,14H,6-7,12-13,15H2,1-5H3,(H,20,21);1H. The molecule has 0 aromatic carbocycles. The van der Waals surface area contributed by atoms with Crippen molar-refractivity contribution in [3.63, 3.8) is 0 Å². The molecule has 2 aromatic heterocycles. The van der Waals surface area contributed by atoms with Gasteiger partial charge in [-0.2, -0.15) is 4.31 Å². The van der Waals surface area contributed by atoms with Crippen molar-refractivity contribution < 1.29 is 8.42 Å². The van der Waals surface area contributed by atoms with Gasteiger partial charge in [-0.3, -0.25) is 4.99 Å². The number of hydrogen-bond acceptors (Lipinski definition) is 4. The van der Waals surface area contributed by atoms with E-state index < -0.39 is 10.0 Å². The zero-order chi connectivity index (χ0) is 20.7. The van der Waals surface area contributed by atoms with E-state index in [0.717, 1.165) is 23.8 Å². The Balaban J connectivity index is 0.00000420. The minimum Gasteiger partial charge on any atom is -0.356 e. The average Bonchev–Trinajstić information content (AvgIpc) is 3.29. The molecule has 1 N–H and O–H groups in total. The van der Waals surface area contributed by atoms with Crippen LogP contribution in [0.3, 0.4) is 0 Å². The molecule has 0 spiro atoms. The number of aryl methyl sites for hydroxylation is 1. The smallest absolute Gasteiger partial charge is 0.252 e. The fourth-order valence-electron chi connectivity index (χ4n) is 2.98. The van der Waals surface area contributed by atoms with Crippen molar-refractivity contribution in [1.29, 1.82) is 0 Å². The van der Waals surface area contributed by atoms with E-state index in [2.05, 4.69) is 25.8 Å². The topological polar surface area (TPSA) is 69.9 Å². The minimum atomic E-state index is -3.38. The number of guanidine groups is 1. The molecule has 2 aromatic rings. The predicted molar refractivity (Wildman–Crippen MR) is 132 cm³/mol. The Morgan fingerprint density at radius 2 is 1.93 bits per heavy atom. The lowest BCUT2D eigenvalue weighted by Crippen LogP contribution is -2.39. The Kier molecular flexibility index (Phi) is 10.7. The summed E-state index contributed by atoms with van der Waals surface area (Å²) in [6.07, 6.45) is 2.77. The summed E-state index contributed by atoms with van der Waals surface area (Å²) in [7, 11) is 2.42. The number of rotatable bonds is 9. The zero-order valence-corrected chi connectivity index (χ0v) is 21.7. The van der Waals surface area contributed by atoms with Gasteiger partial charge >= 0.3 is 0 Å². The Hall–Kier alpha value is -1.11. The summed E-state index contributed by atoms with van der Waals surface area (Å²) in [5.74, 6) is 0.814. The Morgan fingerprint density at radius 3 is 2.48 bits per heavy atom. The molecule has 0 bridgehead atoms. The fraction of sp³-hybridized carbons (Fsp3) is 0.526. The van der Waals surface area contributed by atoms with Crippen LogP contribution in [0.2, 0.25) is 0 Å². The highest BCUT2D eigenvalue weighted by Gasteiger charge is 2.23. The first-order valence-corrected chi connectivity index (χ1v) is 11.7. The Labute approximate surface area is 195 Å². The molecule has 0 saturated carbocycles. The van der Waals surface area contributed by atoms with Crippen LogP contribution >= 0.6 is 35.3 Å². The quantitative estimate of drug-likeness (QED) is 0.295. The van der Waals surface area contributed by atoms with Gasteiger partial charge in [-0.25, -0.2) is 8.42 Å². The summed E-state index contributed by atoms with van der Waals surface area (Å²) in [6, 6.07) is 7.73. The molecule has 0 aliphatic rings. The molecule has 0 aliphatic carbocycles. The molecule has 0 radical (unpaired) electrons. The molecular formula is C19H32IN5O2S2. The van der Waals surface area contributed by atoms with Crippen LogP contribution in [-0.4, -0.2) is 61.9 Å². The lowest BCUT2D eigenvalue weighted by Gasteiger charge is -2.22. The van der Waals surface area contributed by atoms with Crippen LogP contribution < -0.4 is 5.32 Å². The second-order valence-corrected chi connectivity index (χ2v) is 9.83. The summed E-state index contributed by atoms with van der Waals surface area (Å²) in [4.78, 5) is 7.45. The molecule has 0 unspecified atom stereocenters. The van der Waals surface area contributed by atoms with E-state index >= 15 is 0 Å². The van der Waals surface area contributed by atoms with Crippen molar-refractivity contribution in [3.05, 3.63) is 41.0 Å². The van der Waals surface area contributed by atoms with Crippen LogP contribution in [0.1, 0.15) is 24.4 Å². The van der Waals surface area contributed by atoms with Crippen LogP contribution in [0.4, 0.5) is 0 Å². The van der Waals surface area contributed by atoms with Crippen molar-refractivity contribution in [2.45, 2.75) is 31.0 Å². The summed E-state index contributed by atoms with van der Waals surface area (Å²) >= 11 is 1.35. The fourth-order valence-corrected chi connectivity index (χ4v) is 5.95. The number of halogens is 1. The zero-order valence-electron chi connectivity index (χ0n) is 17.8. The van der Waals surface area contributed by atoms with E-state index in [4.69, 9.17) is 0 Å². The van der Waals surface area contributed by atoms with E-state index in [0.29, 0.717) is 23.8 Å². The van der Waals surface area contributed by atoms with Crippen LogP contribution in [0.25, 0.3) is 0 Å². The lowest BCUT2D eigenvalue weighted by atomic mass is 10.3. The molecule has 0 saturated heterocycles. The maximum atomic E-state index is 12.6. The van der Waals surface area contributed by atoms with Gasteiger partial charge < -0.3 is 14.8 Å². The SMILES string of the molecule is CCN(CC)S(=O)(=O)c1ccc(CCNC(=NC)N(C)Cc2cccn2C)s1.I. The molecule has 164 valence electrons. The number of thiophene rings is 1. The van der Waals surface area contributed by atoms with Gasteiger partial charge in [-0.05, 0) is 30.7 Å². The summed E-state index contributed by atoms with van der Waals surface area (Å²) in [5.41, 5.74) is 1.20. The lowest BCUT2D eigenvalue weighted by molar-refractivity contribution is 0.447. The van der Waals surface area contributed by atoms with Crippen LogP contribution in [0.15, 0.2) is 39.7 Å². The highest BCUT2D eigenvalue weighted by Crippen LogP contribution is 2.25. The van der Waals surface area contributed by atoms with Gasteiger partial charge in [0.15, 0.2) is 5.96 Å². The number of nitrogens with one attached hydrogen (secondary N) is 1. The Morgan fingerprint density at radius 1 is 1.24 bits per heavy atom. The first-order chi connectivity index (χ1) is 13.3. The van der Waals surface area contributed by atoms with Crippen molar-refractivity contribution in [1.82, 2.24) is 19.1 Å². The number of aliphatic imine (C=N–C) groups is 1. The maximum Gasteiger partial charge on any atom is 0.252 e. The van der Waals surface area contributed by atoms with Crippen molar-refractivity contribution in [3.8, 4) is 0 Å². The molecule has 7 nitrogen and oxygen atoms in total. The van der Waals surface area contributed by atoms with Gasteiger partial charge in [0.05, 0.1) is 6.54 Å². The van der Waals surface area contributed by atoms with Crippen molar-refractivity contribution in [2.75, 3.05) is 33.7 Å².